The van der Waals surface area contributed by atoms with Crippen molar-refractivity contribution in [2.75, 3.05) is 6.54 Å². The molecule has 1 saturated heterocycles. The predicted octanol–water partition coefficient (Wildman–Crippen LogP) is 1.79. The van der Waals surface area contributed by atoms with Crippen molar-refractivity contribution in [2.24, 2.45) is 0 Å². The number of pyridine rings is 1. The first-order valence-electron chi connectivity index (χ1n) is 8.07. The molecule has 0 saturated carbocycles. The molecule has 1 aromatic heterocycles. The van der Waals surface area contributed by atoms with Gasteiger partial charge in [-0.1, -0.05) is 30.3 Å². The van der Waals surface area contributed by atoms with E-state index in [-0.39, 0.29) is 30.0 Å². The van der Waals surface area contributed by atoms with Crippen molar-refractivity contribution in [1.82, 2.24) is 15.2 Å². The lowest BCUT2D eigenvalue weighted by molar-refractivity contribution is -0.128. The highest BCUT2D eigenvalue weighted by Gasteiger charge is 2.30. The van der Waals surface area contributed by atoms with Crippen LogP contribution in [0.25, 0.3) is 0 Å². The van der Waals surface area contributed by atoms with Gasteiger partial charge in [0.25, 0.3) is 5.91 Å². The first-order chi connectivity index (χ1) is 12.1. The highest BCUT2D eigenvalue weighted by Crippen LogP contribution is 2.15. The molecule has 1 aliphatic heterocycles. The molecule has 1 aliphatic rings. The zero-order valence-corrected chi connectivity index (χ0v) is 13.9. The summed E-state index contributed by atoms with van der Waals surface area (Å²) in [6, 6.07) is 14.7. The molecule has 0 spiro atoms. The summed E-state index contributed by atoms with van der Waals surface area (Å²) < 4.78 is 0. The number of aromatic nitrogens is 1. The van der Waals surface area contributed by atoms with Crippen LogP contribution in [0.15, 0.2) is 42.5 Å². The second kappa shape index (κ2) is 7.14. The lowest BCUT2D eigenvalue weighted by Gasteiger charge is -2.17. The summed E-state index contributed by atoms with van der Waals surface area (Å²) in [5.74, 6) is -0.301. The Kier molecular flexibility index (Phi) is 4.75. The molecule has 1 atom stereocenters. The number of carbonyl (C=O) groups is 2. The number of likely N-dealkylation sites (tertiary alicyclic amines) is 1. The summed E-state index contributed by atoms with van der Waals surface area (Å²) in [4.78, 5) is 30.4. The number of rotatable bonds is 4. The van der Waals surface area contributed by atoms with Crippen LogP contribution >= 0.6 is 0 Å². The van der Waals surface area contributed by atoms with Gasteiger partial charge in [0, 0.05) is 19.5 Å². The van der Waals surface area contributed by atoms with E-state index in [4.69, 9.17) is 5.26 Å². The van der Waals surface area contributed by atoms with Crippen molar-refractivity contribution < 1.29 is 9.59 Å². The van der Waals surface area contributed by atoms with Crippen molar-refractivity contribution in [3.05, 3.63) is 65.0 Å². The van der Waals surface area contributed by atoms with Crippen molar-refractivity contribution in [3.8, 4) is 6.07 Å². The Morgan fingerprint density at radius 2 is 2.08 bits per heavy atom. The van der Waals surface area contributed by atoms with Crippen LogP contribution in [0.3, 0.4) is 0 Å². The Morgan fingerprint density at radius 3 is 2.76 bits per heavy atom. The molecular weight excluding hydrogens is 316 g/mol. The van der Waals surface area contributed by atoms with E-state index in [1.54, 1.807) is 17.9 Å². The summed E-state index contributed by atoms with van der Waals surface area (Å²) >= 11 is 0. The fourth-order valence-corrected chi connectivity index (χ4v) is 2.89. The fraction of sp³-hybridized carbons (Fsp3) is 0.263. The van der Waals surface area contributed by atoms with E-state index in [9.17, 15) is 9.59 Å². The quantitative estimate of drug-likeness (QED) is 0.923. The minimum atomic E-state index is -0.327. The molecule has 0 radical (unpaired) electrons. The molecule has 1 aromatic carbocycles. The van der Waals surface area contributed by atoms with Crippen LogP contribution in [-0.4, -0.2) is 34.3 Å². The summed E-state index contributed by atoms with van der Waals surface area (Å²) in [6.45, 7) is 2.71. The van der Waals surface area contributed by atoms with Gasteiger partial charge in [-0.15, -0.1) is 0 Å². The van der Waals surface area contributed by atoms with E-state index in [0.29, 0.717) is 24.3 Å². The maximum atomic E-state index is 12.3. The third kappa shape index (κ3) is 3.83. The molecule has 0 bridgehead atoms. The molecule has 3 rings (SSSR count). The number of aryl methyl sites for hydroxylation is 1. The standard InChI is InChI=1S/C19H18N4O2/c1-13-15(10-20)7-8-17(21-13)19(25)22-16-9-18(24)23(12-16)11-14-5-3-2-4-6-14/h2-8,16H,9,11-12H2,1H3,(H,22,25). The highest BCUT2D eigenvalue weighted by molar-refractivity contribution is 5.93. The molecule has 25 heavy (non-hydrogen) atoms. The minimum absolute atomic E-state index is 0.0260. The Bertz CT molecular complexity index is 842. The first-order valence-corrected chi connectivity index (χ1v) is 8.07. The van der Waals surface area contributed by atoms with Gasteiger partial charge in [0.2, 0.25) is 5.91 Å². The smallest absolute Gasteiger partial charge is 0.270 e. The molecular formula is C19H18N4O2. The molecule has 126 valence electrons. The van der Waals surface area contributed by atoms with Crippen molar-refractivity contribution in [3.63, 3.8) is 0 Å². The van der Waals surface area contributed by atoms with Crippen LogP contribution in [0.5, 0.6) is 0 Å². The fourth-order valence-electron chi connectivity index (χ4n) is 2.89. The van der Waals surface area contributed by atoms with Crippen LogP contribution in [0.2, 0.25) is 0 Å². The molecule has 2 amide bonds. The topological polar surface area (TPSA) is 86.1 Å². The van der Waals surface area contributed by atoms with Crippen LogP contribution in [0.1, 0.15) is 33.7 Å². The summed E-state index contributed by atoms with van der Waals surface area (Å²) in [7, 11) is 0. The number of amides is 2. The first kappa shape index (κ1) is 16.7. The van der Waals surface area contributed by atoms with Gasteiger partial charge in [0.05, 0.1) is 17.3 Å². The molecule has 1 N–H and O–H groups in total. The van der Waals surface area contributed by atoms with E-state index in [1.165, 1.54) is 6.07 Å². The Morgan fingerprint density at radius 1 is 1.32 bits per heavy atom. The van der Waals surface area contributed by atoms with Crippen molar-refractivity contribution in [1.29, 1.82) is 5.26 Å². The average Bonchev–Trinajstić information content (AvgIpc) is 2.94. The largest absolute Gasteiger partial charge is 0.346 e. The maximum absolute atomic E-state index is 12.3. The van der Waals surface area contributed by atoms with Gasteiger partial charge < -0.3 is 10.2 Å². The van der Waals surface area contributed by atoms with E-state index >= 15 is 0 Å². The molecule has 0 aliphatic carbocycles. The zero-order chi connectivity index (χ0) is 17.8. The van der Waals surface area contributed by atoms with E-state index in [0.717, 1.165) is 5.56 Å². The SMILES string of the molecule is Cc1nc(C(=O)NC2CC(=O)N(Cc3ccccc3)C2)ccc1C#N. The molecule has 2 aromatic rings. The average molecular weight is 334 g/mol. The number of nitrogens with one attached hydrogen (secondary N) is 1. The monoisotopic (exact) mass is 334 g/mol. The number of nitriles is 1. The third-order valence-electron chi connectivity index (χ3n) is 4.20. The van der Waals surface area contributed by atoms with Gasteiger partial charge in [0.15, 0.2) is 0 Å². The van der Waals surface area contributed by atoms with Crippen molar-refractivity contribution >= 4 is 11.8 Å². The van der Waals surface area contributed by atoms with Gasteiger partial charge in [-0.3, -0.25) is 9.59 Å². The Balaban J connectivity index is 1.62. The summed E-state index contributed by atoms with van der Waals surface area (Å²) in [5, 5.41) is 11.8. The number of nitrogens with zero attached hydrogens (tertiary/aromatic N) is 3. The highest BCUT2D eigenvalue weighted by atomic mass is 16.2. The van der Waals surface area contributed by atoms with Crippen LogP contribution in [-0.2, 0) is 11.3 Å². The summed E-state index contributed by atoms with van der Waals surface area (Å²) in [6.07, 6.45) is 0.286. The molecule has 1 unspecified atom stereocenters. The van der Waals surface area contributed by atoms with Crippen molar-refractivity contribution in [2.45, 2.75) is 25.9 Å². The Hall–Kier alpha value is -3.20. The van der Waals surface area contributed by atoms with Gasteiger partial charge in [0.1, 0.15) is 11.8 Å². The van der Waals surface area contributed by atoms with Gasteiger partial charge in [-0.05, 0) is 24.6 Å². The predicted molar refractivity (Wildman–Crippen MR) is 91.4 cm³/mol. The lowest BCUT2D eigenvalue weighted by atomic mass is 10.2. The molecule has 6 heteroatoms. The number of hydrogen-bond donors (Lipinski definition) is 1. The molecule has 1 fully saturated rings. The van der Waals surface area contributed by atoms with E-state index in [2.05, 4.69) is 10.3 Å². The summed E-state index contributed by atoms with van der Waals surface area (Å²) in [5.41, 5.74) is 2.28. The van der Waals surface area contributed by atoms with Gasteiger partial charge in [-0.2, -0.15) is 5.26 Å². The van der Waals surface area contributed by atoms with E-state index < -0.39 is 0 Å². The van der Waals surface area contributed by atoms with Crippen LogP contribution in [0, 0.1) is 18.3 Å². The number of carbonyl (C=O) groups excluding carboxylic acids is 2. The lowest BCUT2D eigenvalue weighted by Crippen LogP contribution is -2.37. The van der Waals surface area contributed by atoms with Gasteiger partial charge in [-0.25, -0.2) is 4.98 Å². The molecule has 2 heterocycles. The third-order valence-corrected chi connectivity index (χ3v) is 4.20. The maximum Gasteiger partial charge on any atom is 0.270 e. The minimum Gasteiger partial charge on any atom is -0.346 e. The zero-order valence-electron chi connectivity index (χ0n) is 13.9. The Labute approximate surface area is 146 Å². The second-order valence-electron chi connectivity index (χ2n) is 6.08. The molecule has 6 nitrogen and oxygen atoms in total. The second-order valence-corrected chi connectivity index (χ2v) is 6.08. The van der Waals surface area contributed by atoms with Gasteiger partial charge >= 0.3 is 0 Å². The van der Waals surface area contributed by atoms with E-state index in [1.807, 2.05) is 36.4 Å². The number of benzene rings is 1. The normalized spacial score (nSPS) is 16.6. The number of hydrogen-bond acceptors (Lipinski definition) is 4. The van der Waals surface area contributed by atoms with Crippen LogP contribution in [0.4, 0.5) is 0 Å². The van der Waals surface area contributed by atoms with Crippen LogP contribution < -0.4 is 5.32 Å².